The van der Waals surface area contributed by atoms with E-state index in [4.69, 9.17) is 4.74 Å². The van der Waals surface area contributed by atoms with Gasteiger partial charge in [-0.3, -0.25) is 0 Å². The summed E-state index contributed by atoms with van der Waals surface area (Å²) in [4.78, 5) is 11.8. The Morgan fingerprint density at radius 2 is 1.78 bits per heavy atom. The predicted octanol–water partition coefficient (Wildman–Crippen LogP) is 6.63. The van der Waals surface area contributed by atoms with E-state index in [2.05, 4.69) is 0 Å². The van der Waals surface area contributed by atoms with Crippen molar-refractivity contribution < 1.29 is 37.3 Å². The SMILES string of the molecule is CC(C)=CCc1c(OCCCC(F)(F)F)cc(/C=C/c2ccc(F)cc2)c(C(=O)O)c1O. The molecule has 2 rings (SSSR count). The zero-order chi connectivity index (χ0) is 23.9. The maximum Gasteiger partial charge on any atom is 0.389 e. The number of hydrogen-bond donors (Lipinski definition) is 2. The molecule has 32 heavy (non-hydrogen) atoms. The standard InChI is InChI=1S/C24H24F4O4/c1-15(2)4-11-19-20(32-13-3-12-24(26,27)28)14-17(21(22(19)29)23(30)31)8-5-16-6-9-18(25)10-7-16/h4-10,14,29H,3,11-13H2,1-2H3,(H,30,31)/b8-5+. The Morgan fingerprint density at radius 1 is 1.12 bits per heavy atom. The van der Waals surface area contributed by atoms with Crippen molar-refractivity contribution in [1.29, 1.82) is 0 Å². The Kier molecular flexibility index (Phi) is 8.46. The minimum absolute atomic E-state index is 0.103. The van der Waals surface area contributed by atoms with E-state index in [1.165, 1.54) is 42.5 Å². The molecule has 0 heterocycles. The van der Waals surface area contributed by atoms with Gasteiger partial charge in [-0.1, -0.05) is 35.9 Å². The van der Waals surface area contributed by atoms with Crippen LogP contribution >= 0.6 is 0 Å². The molecular weight excluding hydrogens is 428 g/mol. The minimum atomic E-state index is -4.31. The summed E-state index contributed by atoms with van der Waals surface area (Å²) in [6.45, 7) is 3.38. The normalized spacial score (nSPS) is 11.6. The molecule has 2 aromatic carbocycles. The number of rotatable bonds is 9. The number of phenols is 1. The van der Waals surface area contributed by atoms with Crippen molar-refractivity contribution in [2.24, 2.45) is 0 Å². The molecule has 0 aliphatic carbocycles. The molecule has 2 aromatic rings. The van der Waals surface area contributed by atoms with E-state index in [-0.39, 0.29) is 41.9 Å². The molecule has 0 aromatic heterocycles. The van der Waals surface area contributed by atoms with Gasteiger partial charge in [0.2, 0.25) is 0 Å². The van der Waals surface area contributed by atoms with E-state index in [9.17, 15) is 32.6 Å². The summed E-state index contributed by atoms with van der Waals surface area (Å²) in [6, 6.07) is 6.85. The number of alkyl halides is 3. The Labute approximate surface area is 183 Å². The molecule has 0 radical (unpaired) electrons. The lowest BCUT2D eigenvalue weighted by molar-refractivity contribution is -0.136. The van der Waals surface area contributed by atoms with Gasteiger partial charge in [0.05, 0.1) is 6.61 Å². The maximum absolute atomic E-state index is 13.1. The average Bonchev–Trinajstić information content (AvgIpc) is 2.68. The number of carbonyl (C=O) groups is 1. The van der Waals surface area contributed by atoms with Gasteiger partial charge < -0.3 is 14.9 Å². The van der Waals surface area contributed by atoms with E-state index in [0.717, 1.165) is 5.57 Å². The molecule has 0 amide bonds. The number of halogens is 4. The van der Waals surface area contributed by atoms with Crippen LogP contribution in [0, 0.1) is 5.82 Å². The lowest BCUT2D eigenvalue weighted by atomic mass is 9.97. The summed E-state index contributed by atoms with van der Waals surface area (Å²) in [5.41, 5.74) is 1.41. The third-order valence-electron chi connectivity index (χ3n) is 4.51. The molecule has 0 saturated heterocycles. The molecule has 2 N–H and O–H groups in total. The van der Waals surface area contributed by atoms with Crippen LogP contribution in [-0.4, -0.2) is 29.0 Å². The van der Waals surface area contributed by atoms with Gasteiger partial charge in [-0.2, -0.15) is 13.2 Å². The van der Waals surface area contributed by atoms with Crippen molar-refractivity contribution in [3.63, 3.8) is 0 Å². The second-order valence-electron chi connectivity index (χ2n) is 7.41. The van der Waals surface area contributed by atoms with Crippen LogP contribution in [0.3, 0.4) is 0 Å². The maximum atomic E-state index is 13.1. The van der Waals surface area contributed by atoms with Gasteiger partial charge >= 0.3 is 12.1 Å². The highest BCUT2D eigenvalue weighted by Crippen LogP contribution is 2.37. The summed E-state index contributed by atoms with van der Waals surface area (Å²) in [5.74, 6) is -2.21. The molecule has 0 unspecified atom stereocenters. The average molecular weight is 452 g/mol. The molecule has 0 saturated carbocycles. The van der Waals surface area contributed by atoms with Crippen molar-refractivity contribution in [2.75, 3.05) is 6.61 Å². The summed E-state index contributed by atoms with van der Waals surface area (Å²) in [6.07, 6.45) is -0.775. The Bertz CT molecular complexity index is 1000. The van der Waals surface area contributed by atoms with Gasteiger partial charge in [-0.05, 0) is 56.0 Å². The zero-order valence-electron chi connectivity index (χ0n) is 17.7. The van der Waals surface area contributed by atoms with E-state index in [1.807, 2.05) is 13.8 Å². The van der Waals surface area contributed by atoms with Crippen molar-refractivity contribution in [2.45, 2.75) is 39.3 Å². The highest BCUT2D eigenvalue weighted by atomic mass is 19.4. The second-order valence-corrected chi connectivity index (χ2v) is 7.41. The first-order valence-corrected chi connectivity index (χ1v) is 9.86. The van der Waals surface area contributed by atoms with Crippen LogP contribution < -0.4 is 4.74 Å². The molecule has 8 heteroatoms. The molecular formula is C24H24F4O4. The van der Waals surface area contributed by atoms with Gasteiger partial charge in [-0.25, -0.2) is 9.18 Å². The van der Waals surface area contributed by atoms with Gasteiger partial charge in [-0.15, -0.1) is 0 Å². The molecule has 0 spiro atoms. The smallest absolute Gasteiger partial charge is 0.389 e. The fraction of sp³-hybridized carbons (Fsp3) is 0.292. The largest absolute Gasteiger partial charge is 0.507 e. The van der Waals surface area contributed by atoms with E-state index in [0.29, 0.717) is 5.56 Å². The van der Waals surface area contributed by atoms with Crippen LogP contribution in [0.5, 0.6) is 11.5 Å². The van der Waals surface area contributed by atoms with Crippen LogP contribution in [0.1, 0.15) is 53.7 Å². The first-order valence-electron chi connectivity index (χ1n) is 9.86. The number of aromatic carboxylic acids is 1. The van der Waals surface area contributed by atoms with E-state index < -0.39 is 30.1 Å². The Morgan fingerprint density at radius 3 is 2.34 bits per heavy atom. The monoisotopic (exact) mass is 452 g/mol. The second kappa shape index (κ2) is 10.8. The topological polar surface area (TPSA) is 66.8 Å². The highest BCUT2D eigenvalue weighted by molar-refractivity contribution is 5.97. The fourth-order valence-electron chi connectivity index (χ4n) is 2.91. The molecule has 172 valence electrons. The van der Waals surface area contributed by atoms with Crippen molar-refractivity contribution in [3.05, 3.63) is 70.1 Å². The lowest BCUT2D eigenvalue weighted by Crippen LogP contribution is -2.11. The predicted molar refractivity (Wildman–Crippen MR) is 114 cm³/mol. The zero-order valence-corrected chi connectivity index (χ0v) is 17.7. The van der Waals surface area contributed by atoms with Crippen molar-refractivity contribution in [1.82, 2.24) is 0 Å². The lowest BCUT2D eigenvalue weighted by Gasteiger charge is -2.16. The van der Waals surface area contributed by atoms with Gasteiger partial charge in [0.1, 0.15) is 22.9 Å². The number of carboxylic acids is 1. The molecule has 0 fully saturated rings. The fourth-order valence-corrected chi connectivity index (χ4v) is 2.91. The van der Waals surface area contributed by atoms with Crippen LogP contribution in [0.4, 0.5) is 17.6 Å². The van der Waals surface area contributed by atoms with E-state index in [1.54, 1.807) is 6.08 Å². The van der Waals surface area contributed by atoms with Crippen LogP contribution in [0.25, 0.3) is 12.2 Å². The number of allylic oxidation sites excluding steroid dienone is 2. The minimum Gasteiger partial charge on any atom is -0.507 e. The highest BCUT2D eigenvalue weighted by Gasteiger charge is 2.26. The number of carboxylic acid groups (broad SMARTS) is 1. The third kappa shape index (κ3) is 7.44. The van der Waals surface area contributed by atoms with Crippen molar-refractivity contribution in [3.8, 4) is 11.5 Å². The first-order chi connectivity index (χ1) is 15.0. The summed E-state index contributed by atoms with van der Waals surface area (Å²) in [5, 5.41) is 20.4. The first kappa shape index (κ1) is 25.0. The molecule has 0 aliphatic rings. The third-order valence-corrected chi connectivity index (χ3v) is 4.51. The number of aromatic hydroxyl groups is 1. The number of ether oxygens (including phenoxy) is 1. The van der Waals surface area contributed by atoms with Crippen LogP contribution in [-0.2, 0) is 6.42 Å². The molecule has 0 aliphatic heterocycles. The Hall–Kier alpha value is -3.29. The number of hydrogen-bond acceptors (Lipinski definition) is 3. The summed E-state index contributed by atoms with van der Waals surface area (Å²) < 4.78 is 55.9. The molecule has 0 bridgehead atoms. The molecule has 4 nitrogen and oxygen atoms in total. The quantitative estimate of drug-likeness (QED) is 0.194. The summed E-state index contributed by atoms with van der Waals surface area (Å²) in [7, 11) is 0. The van der Waals surface area contributed by atoms with Gasteiger partial charge in [0, 0.05) is 12.0 Å². The Balaban J connectivity index is 2.46. The number of benzene rings is 2. The van der Waals surface area contributed by atoms with Crippen LogP contribution in [0.15, 0.2) is 42.0 Å². The van der Waals surface area contributed by atoms with Crippen LogP contribution in [0.2, 0.25) is 0 Å². The molecule has 0 atom stereocenters. The van der Waals surface area contributed by atoms with Gasteiger partial charge in [0.15, 0.2) is 0 Å². The van der Waals surface area contributed by atoms with Gasteiger partial charge in [0.25, 0.3) is 0 Å². The van der Waals surface area contributed by atoms with Crippen molar-refractivity contribution >= 4 is 18.1 Å². The summed E-state index contributed by atoms with van der Waals surface area (Å²) >= 11 is 0. The van der Waals surface area contributed by atoms with E-state index >= 15 is 0 Å².